The number of H-pyrrole nitrogens is 1. The van der Waals surface area contributed by atoms with Gasteiger partial charge in [-0.15, -0.1) is 0 Å². The first-order valence-electron chi connectivity index (χ1n) is 3.54. The standard InChI is InChI=1S/C6H7BrF2N4O/c7-6(8,9)2-11-5(14)3-1-4(10)13-12-3/h1H,2H2,(H,11,14)(H3,10,12,13). The number of carbonyl (C=O) groups excluding carboxylic acids is 1. The lowest BCUT2D eigenvalue weighted by Gasteiger charge is -2.08. The van der Waals surface area contributed by atoms with Gasteiger partial charge >= 0.3 is 4.83 Å². The highest BCUT2D eigenvalue weighted by Crippen LogP contribution is 2.19. The third-order valence-electron chi connectivity index (χ3n) is 1.29. The molecule has 0 radical (unpaired) electrons. The molecule has 0 aromatic carbocycles. The Kier molecular flexibility index (Phi) is 3.04. The van der Waals surface area contributed by atoms with Crippen molar-refractivity contribution in [3.8, 4) is 0 Å². The Hall–Kier alpha value is -1.18. The Morgan fingerprint density at radius 3 is 2.86 bits per heavy atom. The number of halogens is 3. The maximum Gasteiger partial charge on any atom is 0.318 e. The van der Waals surface area contributed by atoms with Crippen molar-refractivity contribution in [2.24, 2.45) is 0 Å². The zero-order chi connectivity index (χ0) is 10.8. The van der Waals surface area contributed by atoms with Crippen molar-refractivity contribution in [2.75, 3.05) is 12.3 Å². The molecule has 0 aliphatic heterocycles. The smallest absolute Gasteiger partial charge is 0.318 e. The van der Waals surface area contributed by atoms with Crippen LogP contribution in [0.4, 0.5) is 14.6 Å². The van der Waals surface area contributed by atoms with Crippen molar-refractivity contribution in [2.45, 2.75) is 4.83 Å². The zero-order valence-electron chi connectivity index (χ0n) is 6.85. The van der Waals surface area contributed by atoms with Crippen molar-refractivity contribution in [1.29, 1.82) is 0 Å². The van der Waals surface area contributed by atoms with Gasteiger partial charge in [-0.05, 0) is 15.9 Å². The molecular formula is C6H7BrF2N4O. The Balaban J connectivity index is 2.52. The fraction of sp³-hybridized carbons (Fsp3) is 0.333. The van der Waals surface area contributed by atoms with E-state index >= 15 is 0 Å². The minimum absolute atomic E-state index is 0.0410. The van der Waals surface area contributed by atoms with Crippen LogP contribution in [0.2, 0.25) is 0 Å². The Labute approximate surface area is 86.2 Å². The SMILES string of the molecule is Nc1cc(C(=O)NCC(F)(F)Br)[nH]n1. The number of amides is 1. The molecular weight excluding hydrogens is 262 g/mol. The highest BCUT2D eigenvalue weighted by atomic mass is 79.9. The predicted octanol–water partition coefficient (Wildman–Crippen LogP) is 0.709. The fourth-order valence-corrected chi connectivity index (χ4v) is 0.869. The number of anilines is 1. The maximum atomic E-state index is 12.3. The van der Waals surface area contributed by atoms with Crippen LogP contribution in [-0.2, 0) is 0 Å². The summed E-state index contributed by atoms with van der Waals surface area (Å²) in [6.07, 6.45) is 0. The van der Waals surface area contributed by atoms with Crippen LogP contribution in [0.5, 0.6) is 0 Å². The monoisotopic (exact) mass is 268 g/mol. The first-order chi connectivity index (χ1) is 6.38. The van der Waals surface area contributed by atoms with Crippen molar-refractivity contribution in [1.82, 2.24) is 15.5 Å². The third-order valence-corrected chi connectivity index (χ3v) is 1.57. The van der Waals surface area contributed by atoms with Gasteiger partial charge in [0.1, 0.15) is 11.5 Å². The van der Waals surface area contributed by atoms with Gasteiger partial charge in [0.05, 0.1) is 6.54 Å². The summed E-state index contributed by atoms with van der Waals surface area (Å²) in [5.74, 6) is -0.561. The van der Waals surface area contributed by atoms with Gasteiger partial charge in [0.25, 0.3) is 5.91 Å². The minimum Gasteiger partial charge on any atom is -0.382 e. The predicted molar refractivity (Wildman–Crippen MR) is 49.2 cm³/mol. The maximum absolute atomic E-state index is 12.3. The largest absolute Gasteiger partial charge is 0.382 e. The summed E-state index contributed by atoms with van der Waals surface area (Å²) in [5, 5.41) is 7.76. The molecule has 0 saturated heterocycles. The van der Waals surface area contributed by atoms with E-state index < -0.39 is 17.3 Å². The van der Waals surface area contributed by atoms with Crippen LogP contribution in [0.25, 0.3) is 0 Å². The van der Waals surface area contributed by atoms with E-state index in [4.69, 9.17) is 5.73 Å². The molecule has 78 valence electrons. The number of alkyl halides is 3. The van der Waals surface area contributed by atoms with Crippen LogP contribution in [0.15, 0.2) is 6.07 Å². The number of aromatic amines is 1. The molecule has 14 heavy (non-hydrogen) atoms. The lowest BCUT2D eigenvalue weighted by Crippen LogP contribution is -2.33. The van der Waals surface area contributed by atoms with Gasteiger partial charge in [-0.3, -0.25) is 9.89 Å². The first kappa shape index (κ1) is 10.9. The van der Waals surface area contributed by atoms with Gasteiger partial charge in [0, 0.05) is 6.07 Å². The average molecular weight is 269 g/mol. The molecule has 1 rings (SSSR count). The molecule has 0 fully saturated rings. The number of hydrogen-bond acceptors (Lipinski definition) is 3. The summed E-state index contributed by atoms with van der Waals surface area (Å²) >= 11 is 2.09. The number of nitrogens with two attached hydrogens (primary N) is 1. The molecule has 1 aromatic rings. The molecule has 0 unspecified atom stereocenters. The molecule has 0 atom stereocenters. The van der Waals surface area contributed by atoms with E-state index in [0.717, 1.165) is 0 Å². The summed E-state index contributed by atoms with van der Waals surface area (Å²) < 4.78 is 24.5. The van der Waals surface area contributed by atoms with Gasteiger partial charge in [0.2, 0.25) is 0 Å². The summed E-state index contributed by atoms with van der Waals surface area (Å²) in [6.45, 7) is -0.801. The third kappa shape index (κ3) is 3.29. The van der Waals surface area contributed by atoms with E-state index in [1.165, 1.54) is 6.07 Å². The summed E-state index contributed by atoms with van der Waals surface area (Å²) in [5.41, 5.74) is 5.26. The normalized spacial score (nSPS) is 11.4. The minimum atomic E-state index is -3.12. The van der Waals surface area contributed by atoms with E-state index in [9.17, 15) is 13.6 Å². The van der Waals surface area contributed by atoms with E-state index in [1.807, 2.05) is 5.32 Å². The number of nitrogens with zero attached hydrogens (tertiary/aromatic N) is 1. The quantitative estimate of drug-likeness (QED) is 0.706. The highest BCUT2D eigenvalue weighted by Gasteiger charge is 2.24. The molecule has 4 N–H and O–H groups in total. The summed E-state index contributed by atoms with van der Waals surface area (Å²) in [4.78, 5) is 8.00. The molecule has 0 spiro atoms. The zero-order valence-corrected chi connectivity index (χ0v) is 8.44. The van der Waals surface area contributed by atoms with Crippen molar-refractivity contribution in [3.63, 3.8) is 0 Å². The van der Waals surface area contributed by atoms with E-state index in [1.54, 1.807) is 0 Å². The van der Waals surface area contributed by atoms with E-state index in [0.29, 0.717) is 0 Å². The second-order valence-electron chi connectivity index (χ2n) is 2.50. The van der Waals surface area contributed by atoms with Crippen molar-refractivity contribution in [3.05, 3.63) is 11.8 Å². The number of aromatic nitrogens is 2. The van der Waals surface area contributed by atoms with Gasteiger partial charge in [0.15, 0.2) is 0 Å². The first-order valence-corrected chi connectivity index (χ1v) is 4.33. The molecule has 1 aromatic heterocycles. The fourth-order valence-electron chi connectivity index (χ4n) is 0.729. The summed E-state index contributed by atoms with van der Waals surface area (Å²) in [6, 6.07) is 1.25. The van der Waals surface area contributed by atoms with Gasteiger partial charge in [-0.2, -0.15) is 13.9 Å². The lowest BCUT2D eigenvalue weighted by atomic mass is 10.4. The second-order valence-corrected chi connectivity index (χ2v) is 3.66. The number of hydrogen-bond donors (Lipinski definition) is 3. The summed E-state index contributed by atoms with van der Waals surface area (Å²) in [7, 11) is 0. The Morgan fingerprint density at radius 2 is 2.43 bits per heavy atom. The molecule has 1 amide bonds. The highest BCUT2D eigenvalue weighted by molar-refractivity contribution is 9.10. The number of rotatable bonds is 3. The molecule has 0 bridgehead atoms. The van der Waals surface area contributed by atoms with Gasteiger partial charge in [-0.25, -0.2) is 0 Å². The van der Waals surface area contributed by atoms with Gasteiger partial charge < -0.3 is 11.1 Å². The van der Waals surface area contributed by atoms with Crippen LogP contribution in [0.3, 0.4) is 0 Å². The van der Waals surface area contributed by atoms with Gasteiger partial charge in [-0.1, -0.05) is 0 Å². The molecule has 8 heteroatoms. The van der Waals surface area contributed by atoms with E-state index in [2.05, 4.69) is 26.1 Å². The number of nitrogen functional groups attached to an aromatic ring is 1. The molecule has 0 aliphatic carbocycles. The average Bonchev–Trinajstić information content (AvgIpc) is 2.46. The van der Waals surface area contributed by atoms with E-state index in [-0.39, 0.29) is 11.5 Å². The topological polar surface area (TPSA) is 83.8 Å². The van der Waals surface area contributed by atoms with Crippen LogP contribution in [-0.4, -0.2) is 27.5 Å². The van der Waals surface area contributed by atoms with Crippen molar-refractivity contribution < 1.29 is 13.6 Å². The molecule has 5 nitrogen and oxygen atoms in total. The number of carbonyl (C=O) groups is 1. The molecule has 0 aliphatic rings. The molecule has 1 heterocycles. The second kappa shape index (κ2) is 3.91. The van der Waals surface area contributed by atoms with Crippen molar-refractivity contribution >= 4 is 27.7 Å². The molecule has 0 saturated carbocycles. The number of nitrogens with one attached hydrogen (secondary N) is 2. The van der Waals surface area contributed by atoms with Crippen LogP contribution in [0.1, 0.15) is 10.5 Å². The Bertz CT molecular complexity index is 335. The van der Waals surface area contributed by atoms with Crippen LogP contribution in [0, 0.1) is 0 Å². The van der Waals surface area contributed by atoms with Crippen LogP contribution < -0.4 is 11.1 Å². The lowest BCUT2D eigenvalue weighted by molar-refractivity contribution is 0.0831. The van der Waals surface area contributed by atoms with Crippen LogP contribution >= 0.6 is 15.9 Å². The Morgan fingerprint density at radius 1 is 1.79 bits per heavy atom.